The quantitative estimate of drug-likeness (QED) is 0.754. The number of nitrogens with zero attached hydrogens (tertiary/aromatic N) is 4. The second kappa shape index (κ2) is 7.36. The normalized spacial score (nSPS) is 10.4. The van der Waals surface area contributed by atoms with E-state index in [2.05, 4.69) is 20.7 Å². The molecule has 2 aromatic carbocycles. The first-order valence-electron chi connectivity index (χ1n) is 7.60. The summed E-state index contributed by atoms with van der Waals surface area (Å²) in [5, 5.41) is 14.2. The Balaban J connectivity index is 1.58. The molecule has 0 aliphatic rings. The fraction of sp³-hybridized carbons (Fsp3) is 0.176. The van der Waals surface area contributed by atoms with E-state index in [-0.39, 0.29) is 11.9 Å². The fourth-order valence-corrected chi connectivity index (χ4v) is 2.04. The van der Waals surface area contributed by atoms with Gasteiger partial charge in [-0.15, -0.1) is 5.10 Å². The molecule has 0 aliphatic carbocycles. The molecule has 0 fully saturated rings. The van der Waals surface area contributed by atoms with E-state index in [1.165, 1.54) is 4.80 Å². The topological polar surface area (TPSA) is 81.9 Å². The molecule has 0 bridgehead atoms. The minimum atomic E-state index is -0.291. The standard InChI is InChI=1S/C17H17N5O2/c1-2-22-20-17(19-21-22)18-16(23)14-8-10-15(11-9-14)24-12-13-6-4-3-5-7-13/h3-11H,2,12H2,1H3,(H,18,20,23). The Morgan fingerprint density at radius 3 is 2.54 bits per heavy atom. The minimum Gasteiger partial charge on any atom is -0.489 e. The number of hydrogen-bond acceptors (Lipinski definition) is 5. The Morgan fingerprint density at radius 2 is 1.88 bits per heavy atom. The number of hydrogen-bond donors (Lipinski definition) is 1. The molecule has 7 heteroatoms. The molecule has 1 heterocycles. The van der Waals surface area contributed by atoms with Gasteiger partial charge >= 0.3 is 0 Å². The lowest BCUT2D eigenvalue weighted by atomic mass is 10.2. The van der Waals surface area contributed by atoms with Gasteiger partial charge in [0.05, 0.1) is 6.54 Å². The number of ether oxygens (including phenoxy) is 1. The van der Waals surface area contributed by atoms with E-state index in [0.29, 0.717) is 24.5 Å². The average Bonchev–Trinajstić information content (AvgIpc) is 3.09. The molecule has 0 radical (unpaired) electrons. The Kier molecular flexibility index (Phi) is 4.81. The number of carbonyl (C=O) groups excluding carboxylic acids is 1. The van der Waals surface area contributed by atoms with Gasteiger partial charge in [0.25, 0.3) is 11.9 Å². The second-order valence-corrected chi connectivity index (χ2v) is 5.05. The first kappa shape index (κ1) is 15.7. The average molecular weight is 323 g/mol. The van der Waals surface area contributed by atoms with Crippen LogP contribution in [-0.2, 0) is 13.2 Å². The monoisotopic (exact) mass is 323 g/mol. The maximum atomic E-state index is 12.1. The van der Waals surface area contributed by atoms with Crippen LogP contribution in [0.5, 0.6) is 5.75 Å². The van der Waals surface area contributed by atoms with E-state index >= 15 is 0 Å². The maximum absolute atomic E-state index is 12.1. The van der Waals surface area contributed by atoms with Crippen molar-refractivity contribution in [1.29, 1.82) is 0 Å². The van der Waals surface area contributed by atoms with Gasteiger partial charge in [-0.05, 0) is 42.0 Å². The third-order valence-corrected chi connectivity index (χ3v) is 3.33. The Labute approximate surface area is 139 Å². The molecule has 0 aliphatic heterocycles. The molecule has 0 atom stereocenters. The molecule has 7 nitrogen and oxygen atoms in total. The van der Waals surface area contributed by atoms with Crippen molar-refractivity contribution in [2.75, 3.05) is 5.32 Å². The van der Waals surface area contributed by atoms with Crippen LogP contribution in [-0.4, -0.2) is 26.1 Å². The Hall–Kier alpha value is -3.22. The van der Waals surface area contributed by atoms with Gasteiger partial charge in [0.15, 0.2) is 0 Å². The third kappa shape index (κ3) is 3.95. The predicted molar refractivity (Wildman–Crippen MR) is 88.7 cm³/mol. The van der Waals surface area contributed by atoms with E-state index in [0.717, 1.165) is 5.56 Å². The van der Waals surface area contributed by atoms with Crippen molar-refractivity contribution in [3.05, 3.63) is 65.7 Å². The van der Waals surface area contributed by atoms with Crippen LogP contribution in [0, 0.1) is 0 Å². The summed E-state index contributed by atoms with van der Waals surface area (Å²) < 4.78 is 5.69. The van der Waals surface area contributed by atoms with Gasteiger partial charge in [-0.2, -0.15) is 4.80 Å². The molecule has 1 N–H and O–H groups in total. The lowest BCUT2D eigenvalue weighted by Crippen LogP contribution is -2.13. The van der Waals surface area contributed by atoms with E-state index in [4.69, 9.17) is 4.74 Å². The lowest BCUT2D eigenvalue weighted by molar-refractivity contribution is 0.102. The lowest BCUT2D eigenvalue weighted by Gasteiger charge is -2.07. The van der Waals surface area contributed by atoms with Gasteiger partial charge in [0.1, 0.15) is 12.4 Å². The molecule has 24 heavy (non-hydrogen) atoms. The molecule has 1 aromatic heterocycles. The Morgan fingerprint density at radius 1 is 1.12 bits per heavy atom. The van der Waals surface area contributed by atoms with Gasteiger partial charge < -0.3 is 4.74 Å². The van der Waals surface area contributed by atoms with Crippen LogP contribution in [0.15, 0.2) is 54.6 Å². The summed E-state index contributed by atoms with van der Waals surface area (Å²) in [5.74, 6) is 0.594. The molecule has 0 spiro atoms. The van der Waals surface area contributed by atoms with Crippen molar-refractivity contribution in [1.82, 2.24) is 20.2 Å². The number of carbonyl (C=O) groups is 1. The number of rotatable bonds is 6. The van der Waals surface area contributed by atoms with Crippen LogP contribution in [0.4, 0.5) is 5.95 Å². The van der Waals surface area contributed by atoms with Crippen molar-refractivity contribution in [3.8, 4) is 5.75 Å². The van der Waals surface area contributed by atoms with E-state index in [1.54, 1.807) is 24.3 Å². The number of amides is 1. The number of benzene rings is 2. The zero-order valence-corrected chi connectivity index (χ0v) is 13.2. The summed E-state index contributed by atoms with van der Waals surface area (Å²) in [7, 11) is 0. The van der Waals surface area contributed by atoms with Crippen LogP contribution in [0.3, 0.4) is 0 Å². The highest BCUT2D eigenvalue weighted by Gasteiger charge is 2.09. The van der Waals surface area contributed by atoms with E-state index in [1.807, 2.05) is 37.3 Å². The number of aryl methyl sites for hydroxylation is 1. The molecule has 0 saturated heterocycles. The third-order valence-electron chi connectivity index (χ3n) is 3.33. The van der Waals surface area contributed by atoms with E-state index in [9.17, 15) is 4.79 Å². The second-order valence-electron chi connectivity index (χ2n) is 5.05. The molecular weight excluding hydrogens is 306 g/mol. The van der Waals surface area contributed by atoms with Gasteiger partial charge in [-0.3, -0.25) is 10.1 Å². The molecule has 3 rings (SSSR count). The fourth-order valence-electron chi connectivity index (χ4n) is 2.04. The van der Waals surface area contributed by atoms with Crippen molar-refractivity contribution >= 4 is 11.9 Å². The molecule has 0 saturated carbocycles. The summed E-state index contributed by atoms with van der Waals surface area (Å²) in [6.07, 6.45) is 0. The number of anilines is 1. The van der Waals surface area contributed by atoms with Crippen molar-refractivity contribution in [3.63, 3.8) is 0 Å². The van der Waals surface area contributed by atoms with Gasteiger partial charge in [0, 0.05) is 5.56 Å². The first-order chi connectivity index (χ1) is 11.7. The van der Waals surface area contributed by atoms with Gasteiger partial charge in [-0.1, -0.05) is 35.4 Å². The predicted octanol–water partition coefficient (Wildman–Crippen LogP) is 2.52. The summed E-state index contributed by atoms with van der Waals surface area (Å²) in [6, 6.07) is 16.8. The highest BCUT2D eigenvalue weighted by molar-refractivity contribution is 6.03. The SMILES string of the molecule is CCn1nnc(NC(=O)c2ccc(OCc3ccccc3)cc2)n1. The van der Waals surface area contributed by atoms with E-state index < -0.39 is 0 Å². The Bertz CT molecular complexity index is 799. The smallest absolute Gasteiger partial charge is 0.270 e. The molecule has 3 aromatic rings. The summed E-state index contributed by atoms with van der Waals surface area (Å²) in [6.45, 7) is 2.97. The van der Waals surface area contributed by atoms with Crippen LogP contribution in [0.1, 0.15) is 22.8 Å². The van der Waals surface area contributed by atoms with Crippen LogP contribution in [0.25, 0.3) is 0 Å². The van der Waals surface area contributed by atoms with Crippen LogP contribution < -0.4 is 10.1 Å². The van der Waals surface area contributed by atoms with Crippen molar-refractivity contribution in [2.45, 2.75) is 20.1 Å². The largest absolute Gasteiger partial charge is 0.489 e. The minimum absolute atomic E-state index is 0.186. The number of nitrogens with one attached hydrogen (secondary N) is 1. The highest BCUT2D eigenvalue weighted by atomic mass is 16.5. The molecular formula is C17H17N5O2. The summed E-state index contributed by atoms with van der Waals surface area (Å²) >= 11 is 0. The summed E-state index contributed by atoms with van der Waals surface area (Å²) in [5.41, 5.74) is 1.58. The number of tetrazole rings is 1. The van der Waals surface area contributed by atoms with Crippen LogP contribution in [0.2, 0.25) is 0 Å². The van der Waals surface area contributed by atoms with Gasteiger partial charge in [0.2, 0.25) is 0 Å². The molecule has 1 amide bonds. The molecule has 122 valence electrons. The van der Waals surface area contributed by atoms with Gasteiger partial charge in [-0.25, -0.2) is 0 Å². The first-order valence-corrected chi connectivity index (χ1v) is 7.60. The number of aromatic nitrogens is 4. The molecule has 0 unspecified atom stereocenters. The zero-order chi connectivity index (χ0) is 16.8. The van der Waals surface area contributed by atoms with Crippen molar-refractivity contribution < 1.29 is 9.53 Å². The summed E-state index contributed by atoms with van der Waals surface area (Å²) in [4.78, 5) is 13.5. The van der Waals surface area contributed by atoms with Crippen molar-refractivity contribution in [2.24, 2.45) is 0 Å². The van der Waals surface area contributed by atoms with Crippen LogP contribution >= 0.6 is 0 Å². The highest BCUT2D eigenvalue weighted by Crippen LogP contribution is 2.15. The zero-order valence-electron chi connectivity index (χ0n) is 13.2. The maximum Gasteiger partial charge on any atom is 0.270 e.